The van der Waals surface area contributed by atoms with Gasteiger partial charge in [0, 0.05) is 32.7 Å². The minimum Gasteiger partial charge on any atom is -0.410 e. The molecule has 2 bridgehead atoms. The first-order chi connectivity index (χ1) is 16.6. The minimum absolute atomic E-state index is 0.347. The number of carbonyl (C=O) groups is 1. The van der Waals surface area contributed by atoms with Gasteiger partial charge in [-0.1, -0.05) is 60.7 Å². The van der Waals surface area contributed by atoms with Gasteiger partial charge in [-0.05, 0) is 66.0 Å². The van der Waals surface area contributed by atoms with Crippen molar-refractivity contribution in [3.63, 3.8) is 0 Å². The summed E-state index contributed by atoms with van der Waals surface area (Å²) in [5, 5.41) is 0. The van der Waals surface area contributed by atoms with Crippen LogP contribution in [0.3, 0.4) is 0 Å². The van der Waals surface area contributed by atoms with Gasteiger partial charge in [0.05, 0.1) is 0 Å². The Morgan fingerprint density at radius 1 is 0.853 bits per heavy atom. The molecule has 4 nitrogen and oxygen atoms in total. The Morgan fingerprint density at radius 2 is 1.44 bits per heavy atom. The molecule has 0 spiro atoms. The van der Waals surface area contributed by atoms with E-state index in [1.165, 1.54) is 42.7 Å². The highest BCUT2D eigenvalue weighted by Gasteiger charge is 2.43. The van der Waals surface area contributed by atoms with Crippen LogP contribution in [0.25, 0.3) is 0 Å². The van der Waals surface area contributed by atoms with Crippen molar-refractivity contribution in [2.24, 2.45) is 17.8 Å². The van der Waals surface area contributed by atoms with Crippen LogP contribution < -0.4 is 4.74 Å². The van der Waals surface area contributed by atoms with Crippen molar-refractivity contribution in [3.05, 3.63) is 102 Å². The molecule has 3 aromatic rings. The van der Waals surface area contributed by atoms with Crippen molar-refractivity contribution in [3.8, 4) is 5.75 Å². The molecule has 1 aliphatic heterocycles. The Morgan fingerprint density at radius 3 is 2.06 bits per heavy atom. The molecule has 1 saturated carbocycles. The summed E-state index contributed by atoms with van der Waals surface area (Å²) in [6.45, 7) is 4.32. The standard InChI is InChI=1S/C29H31FN2O2/c30-26-13-15-27(16-14-26)34-29(33)32(18-23-9-5-2-6-10-23)21-28-24-11-12-25(28)20-31(19-24)17-22-7-3-1-4-8-22/h1-10,13-16,24-25,28H,11-12,17-21H2. The van der Waals surface area contributed by atoms with E-state index in [0.29, 0.717) is 36.6 Å². The van der Waals surface area contributed by atoms with Crippen molar-refractivity contribution < 1.29 is 13.9 Å². The molecule has 2 aliphatic rings. The van der Waals surface area contributed by atoms with E-state index in [0.717, 1.165) is 25.2 Å². The van der Waals surface area contributed by atoms with Gasteiger partial charge >= 0.3 is 6.09 Å². The maximum absolute atomic E-state index is 13.3. The maximum Gasteiger partial charge on any atom is 0.415 e. The van der Waals surface area contributed by atoms with Crippen molar-refractivity contribution in [1.82, 2.24) is 9.80 Å². The molecule has 2 atom stereocenters. The molecule has 34 heavy (non-hydrogen) atoms. The third-order valence-corrected chi connectivity index (χ3v) is 7.28. The third kappa shape index (κ3) is 5.48. The Labute approximate surface area is 201 Å². The first kappa shape index (κ1) is 22.6. The summed E-state index contributed by atoms with van der Waals surface area (Å²) in [4.78, 5) is 17.6. The lowest BCUT2D eigenvalue weighted by atomic mass is 9.84. The molecule has 2 unspecified atom stereocenters. The topological polar surface area (TPSA) is 32.8 Å². The molecule has 1 amide bonds. The van der Waals surface area contributed by atoms with E-state index < -0.39 is 0 Å². The average molecular weight is 459 g/mol. The predicted octanol–water partition coefficient (Wildman–Crippen LogP) is 5.98. The predicted molar refractivity (Wildman–Crippen MR) is 131 cm³/mol. The molecule has 5 heteroatoms. The third-order valence-electron chi connectivity index (χ3n) is 7.28. The number of likely N-dealkylation sites (tertiary alicyclic amines) is 1. The molecule has 1 saturated heterocycles. The zero-order chi connectivity index (χ0) is 23.3. The van der Waals surface area contributed by atoms with Gasteiger partial charge in [-0.25, -0.2) is 9.18 Å². The van der Waals surface area contributed by atoms with Crippen LogP contribution in [-0.2, 0) is 13.1 Å². The summed E-state index contributed by atoms with van der Waals surface area (Å²) < 4.78 is 18.9. The van der Waals surface area contributed by atoms with Gasteiger partial charge in [0.25, 0.3) is 0 Å². The Balaban J connectivity index is 1.28. The van der Waals surface area contributed by atoms with E-state index in [2.05, 4.69) is 35.2 Å². The number of benzene rings is 3. The number of halogens is 1. The minimum atomic E-state index is -0.374. The molecule has 2 fully saturated rings. The largest absolute Gasteiger partial charge is 0.415 e. The summed E-state index contributed by atoms with van der Waals surface area (Å²) in [5.74, 6) is 1.65. The number of nitrogens with zero attached hydrogens (tertiary/aromatic N) is 2. The molecule has 1 heterocycles. The highest BCUT2D eigenvalue weighted by Crippen LogP contribution is 2.43. The molecule has 0 aromatic heterocycles. The van der Waals surface area contributed by atoms with E-state index in [4.69, 9.17) is 4.74 Å². The highest BCUT2D eigenvalue weighted by molar-refractivity contribution is 5.70. The second kappa shape index (κ2) is 10.4. The van der Waals surface area contributed by atoms with Crippen LogP contribution >= 0.6 is 0 Å². The van der Waals surface area contributed by atoms with Crippen LogP contribution in [0.15, 0.2) is 84.9 Å². The highest BCUT2D eigenvalue weighted by atomic mass is 19.1. The first-order valence-corrected chi connectivity index (χ1v) is 12.2. The van der Waals surface area contributed by atoms with Gasteiger partial charge < -0.3 is 9.64 Å². The number of ether oxygens (including phenoxy) is 1. The molecule has 3 aromatic carbocycles. The number of rotatable bonds is 7. The van der Waals surface area contributed by atoms with Gasteiger partial charge in [-0.3, -0.25) is 4.90 Å². The lowest BCUT2D eigenvalue weighted by Gasteiger charge is -2.40. The molecular weight excluding hydrogens is 427 g/mol. The van der Waals surface area contributed by atoms with Crippen molar-refractivity contribution >= 4 is 6.09 Å². The van der Waals surface area contributed by atoms with Crippen LogP contribution in [0.2, 0.25) is 0 Å². The molecule has 5 rings (SSSR count). The molecule has 1 aliphatic carbocycles. The van der Waals surface area contributed by atoms with E-state index in [1.54, 1.807) is 0 Å². The van der Waals surface area contributed by atoms with Crippen molar-refractivity contribution in [2.75, 3.05) is 19.6 Å². The van der Waals surface area contributed by atoms with Crippen LogP contribution in [0, 0.1) is 23.6 Å². The fourth-order valence-corrected chi connectivity index (χ4v) is 5.63. The Hall–Kier alpha value is -3.18. The number of piperidine rings is 1. The van der Waals surface area contributed by atoms with Gasteiger partial charge in [0.1, 0.15) is 11.6 Å². The van der Waals surface area contributed by atoms with E-state index >= 15 is 0 Å². The molecule has 0 N–H and O–H groups in total. The number of carbonyl (C=O) groups excluding carboxylic acids is 1. The normalized spacial score (nSPS) is 21.9. The number of amides is 1. The van der Waals surface area contributed by atoms with Crippen LogP contribution in [0.5, 0.6) is 5.75 Å². The quantitative estimate of drug-likeness (QED) is 0.436. The van der Waals surface area contributed by atoms with Gasteiger partial charge in [-0.2, -0.15) is 0 Å². The summed E-state index contributed by atoms with van der Waals surface area (Å²) in [6.07, 6.45) is 2.06. The van der Waals surface area contributed by atoms with E-state index in [1.807, 2.05) is 35.2 Å². The first-order valence-electron chi connectivity index (χ1n) is 12.2. The van der Waals surface area contributed by atoms with Crippen molar-refractivity contribution in [1.29, 1.82) is 0 Å². The van der Waals surface area contributed by atoms with Crippen LogP contribution in [0.1, 0.15) is 24.0 Å². The van der Waals surface area contributed by atoms with Gasteiger partial charge in [0.15, 0.2) is 0 Å². The van der Waals surface area contributed by atoms with Gasteiger partial charge in [-0.15, -0.1) is 0 Å². The zero-order valence-electron chi connectivity index (χ0n) is 19.4. The molecular formula is C29H31FN2O2. The second-order valence-electron chi connectivity index (χ2n) is 9.63. The van der Waals surface area contributed by atoms with Crippen molar-refractivity contribution in [2.45, 2.75) is 25.9 Å². The SMILES string of the molecule is O=C(Oc1ccc(F)cc1)N(Cc1ccccc1)CC1C2CCC1CN(Cc1ccccc1)C2. The summed E-state index contributed by atoms with van der Waals surface area (Å²) in [7, 11) is 0. The van der Waals surface area contributed by atoms with E-state index in [-0.39, 0.29) is 11.9 Å². The number of fused-ring (bicyclic) bond motifs is 2. The molecule has 0 radical (unpaired) electrons. The summed E-state index contributed by atoms with van der Waals surface area (Å²) in [5.41, 5.74) is 2.43. The van der Waals surface area contributed by atoms with Crippen LogP contribution in [-0.4, -0.2) is 35.5 Å². The lowest BCUT2D eigenvalue weighted by Crippen LogP contribution is -2.47. The second-order valence-corrected chi connectivity index (χ2v) is 9.63. The van der Waals surface area contributed by atoms with E-state index in [9.17, 15) is 9.18 Å². The fraction of sp³-hybridized carbons (Fsp3) is 0.345. The van der Waals surface area contributed by atoms with Gasteiger partial charge in [0.2, 0.25) is 0 Å². The Kier molecular flexibility index (Phi) is 6.91. The Bertz CT molecular complexity index is 1060. The number of hydrogen-bond donors (Lipinski definition) is 0. The smallest absolute Gasteiger partial charge is 0.410 e. The fourth-order valence-electron chi connectivity index (χ4n) is 5.63. The molecule has 176 valence electrons. The zero-order valence-corrected chi connectivity index (χ0v) is 19.4. The lowest BCUT2D eigenvalue weighted by molar-refractivity contribution is 0.0711. The summed E-state index contributed by atoms with van der Waals surface area (Å²) >= 11 is 0. The average Bonchev–Trinajstić information content (AvgIpc) is 3.08. The summed E-state index contributed by atoms with van der Waals surface area (Å²) in [6, 6.07) is 26.3. The monoisotopic (exact) mass is 458 g/mol. The number of hydrogen-bond acceptors (Lipinski definition) is 3. The van der Waals surface area contributed by atoms with Crippen LogP contribution in [0.4, 0.5) is 9.18 Å². The maximum atomic E-state index is 13.3.